The Balaban J connectivity index is 1.83. The minimum atomic E-state index is -3.03. The van der Waals surface area contributed by atoms with Crippen LogP contribution in [-0.4, -0.2) is 47.2 Å². The molecule has 1 aromatic rings. The number of amides is 1. The molecule has 2 aliphatic rings. The Bertz CT molecular complexity index is 778. The van der Waals surface area contributed by atoms with Crippen LogP contribution in [0.25, 0.3) is 0 Å². The summed E-state index contributed by atoms with van der Waals surface area (Å²) >= 11 is 7.36. The maximum absolute atomic E-state index is 12.1. The van der Waals surface area contributed by atoms with Crippen molar-refractivity contribution in [2.75, 3.05) is 11.5 Å². The van der Waals surface area contributed by atoms with E-state index in [0.29, 0.717) is 23.2 Å². The number of sulfone groups is 1. The van der Waals surface area contributed by atoms with E-state index in [2.05, 4.69) is 4.99 Å². The van der Waals surface area contributed by atoms with E-state index in [0.717, 1.165) is 18.4 Å². The lowest BCUT2D eigenvalue weighted by molar-refractivity contribution is -0.117. The van der Waals surface area contributed by atoms with Crippen molar-refractivity contribution >= 4 is 44.3 Å². The highest BCUT2D eigenvalue weighted by atomic mass is 35.5. The summed E-state index contributed by atoms with van der Waals surface area (Å²) in [5.74, 6) is 0.149. The molecule has 0 spiro atoms. The molecule has 0 aliphatic carbocycles. The van der Waals surface area contributed by atoms with Crippen LogP contribution in [0.1, 0.15) is 31.7 Å². The van der Waals surface area contributed by atoms with Crippen molar-refractivity contribution in [3.63, 3.8) is 0 Å². The van der Waals surface area contributed by atoms with Gasteiger partial charge in [-0.3, -0.25) is 4.79 Å². The van der Waals surface area contributed by atoms with E-state index >= 15 is 0 Å². The number of fused-ring (bicyclic) bond motifs is 1. The number of unbranched alkanes of at least 4 members (excludes halogenated alkanes) is 1. The van der Waals surface area contributed by atoms with Gasteiger partial charge in [0, 0.05) is 23.2 Å². The van der Waals surface area contributed by atoms with Gasteiger partial charge in [-0.15, -0.1) is 0 Å². The molecular formula is C17H21ClN2O3S2. The minimum absolute atomic E-state index is 0.0463. The Morgan fingerprint density at radius 1 is 1.32 bits per heavy atom. The highest BCUT2D eigenvalue weighted by Gasteiger charge is 2.48. The molecule has 0 saturated carbocycles. The molecule has 25 heavy (non-hydrogen) atoms. The molecule has 0 bridgehead atoms. The summed E-state index contributed by atoms with van der Waals surface area (Å²) in [5.41, 5.74) is 1.02. The lowest BCUT2D eigenvalue weighted by Crippen LogP contribution is -2.37. The molecule has 2 aliphatic heterocycles. The van der Waals surface area contributed by atoms with Crippen LogP contribution in [0.4, 0.5) is 0 Å². The molecular weight excluding hydrogens is 380 g/mol. The smallest absolute Gasteiger partial charge is 0.248 e. The van der Waals surface area contributed by atoms with Crippen LogP contribution >= 0.6 is 23.4 Å². The summed E-state index contributed by atoms with van der Waals surface area (Å²) in [4.78, 5) is 18.3. The summed E-state index contributed by atoms with van der Waals surface area (Å²) in [7, 11) is -3.03. The minimum Gasteiger partial charge on any atom is -0.342 e. The Morgan fingerprint density at radius 3 is 2.72 bits per heavy atom. The summed E-state index contributed by atoms with van der Waals surface area (Å²) in [5, 5.41) is 1.26. The number of thioether (sulfide) groups is 1. The van der Waals surface area contributed by atoms with Crippen LogP contribution < -0.4 is 0 Å². The maximum Gasteiger partial charge on any atom is 0.248 e. The number of rotatable bonds is 5. The molecule has 0 aromatic heterocycles. The molecule has 1 amide bonds. The van der Waals surface area contributed by atoms with Gasteiger partial charge in [0.2, 0.25) is 5.91 Å². The largest absolute Gasteiger partial charge is 0.342 e. The Morgan fingerprint density at radius 2 is 2.04 bits per heavy atom. The zero-order valence-electron chi connectivity index (χ0n) is 14.0. The van der Waals surface area contributed by atoms with Gasteiger partial charge in [-0.25, -0.2) is 8.42 Å². The van der Waals surface area contributed by atoms with Gasteiger partial charge >= 0.3 is 0 Å². The van der Waals surface area contributed by atoms with E-state index in [4.69, 9.17) is 11.6 Å². The van der Waals surface area contributed by atoms with Crippen LogP contribution in [0, 0.1) is 0 Å². The van der Waals surface area contributed by atoms with Gasteiger partial charge in [-0.2, -0.15) is 4.99 Å². The molecule has 5 nitrogen and oxygen atoms in total. The summed E-state index contributed by atoms with van der Waals surface area (Å²) in [6.07, 6.45) is 2.20. The van der Waals surface area contributed by atoms with Gasteiger partial charge in [0.25, 0.3) is 0 Å². The molecule has 0 N–H and O–H groups in total. The van der Waals surface area contributed by atoms with E-state index < -0.39 is 9.84 Å². The number of amidine groups is 1. The average molecular weight is 401 g/mol. The van der Waals surface area contributed by atoms with Crippen molar-refractivity contribution in [1.82, 2.24) is 4.90 Å². The summed E-state index contributed by atoms with van der Waals surface area (Å²) < 4.78 is 24.0. The van der Waals surface area contributed by atoms with E-state index in [1.54, 1.807) is 0 Å². The van der Waals surface area contributed by atoms with Crippen molar-refractivity contribution in [3.05, 3.63) is 34.9 Å². The zero-order chi connectivity index (χ0) is 18.0. The average Bonchev–Trinajstić information content (AvgIpc) is 3.00. The Hall–Kier alpha value is -1.05. The molecule has 1 aromatic carbocycles. The van der Waals surface area contributed by atoms with E-state index in [-0.39, 0.29) is 28.7 Å². The van der Waals surface area contributed by atoms with Gasteiger partial charge in [-0.1, -0.05) is 48.8 Å². The van der Waals surface area contributed by atoms with Crippen molar-refractivity contribution < 1.29 is 13.2 Å². The van der Waals surface area contributed by atoms with Crippen LogP contribution in [-0.2, 0) is 21.2 Å². The number of hydrogen-bond donors (Lipinski definition) is 0. The van der Waals surface area contributed by atoms with Crippen molar-refractivity contribution in [3.8, 4) is 0 Å². The second kappa shape index (κ2) is 7.68. The fourth-order valence-corrected chi connectivity index (χ4v) is 7.19. The number of halogens is 1. The fraction of sp³-hybridized carbons (Fsp3) is 0.529. The monoisotopic (exact) mass is 400 g/mol. The zero-order valence-corrected chi connectivity index (χ0v) is 16.4. The van der Waals surface area contributed by atoms with Gasteiger partial charge in [0.15, 0.2) is 15.0 Å². The highest BCUT2D eigenvalue weighted by molar-refractivity contribution is 8.15. The van der Waals surface area contributed by atoms with E-state index in [1.165, 1.54) is 11.8 Å². The SMILES string of the molecule is CCCCC(=O)N=C1S[C@@H]2CS(=O)(=O)C[C@H]2N1Cc1ccc(Cl)cc1. The van der Waals surface area contributed by atoms with Gasteiger partial charge in [0.1, 0.15) is 0 Å². The predicted molar refractivity (Wildman–Crippen MR) is 103 cm³/mol. The third-order valence-electron chi connectivity index (χ3n) is 4.41. The van der Waals surface area contributed by atoms with Crippen LogP contribution in [0.5, 0.6) is 0 Å². The summed E-state index contributed by atoms with van der Waals surface area (Å²) in [6.45, 7) is 2.56. The lowest BCUT2D eigenvalue weighted by atomic mass is 10.1. The molecule has 0 unspecified atom stereocenters. The topological polar surface area (TPSA) is 66.8 Å². The number of nitrogens with zero attached hydrogens (tertiary/aromatic N) is 2. The molecule has 8 heteroatoms. The number of aliphatic imine (C=N–C) groups is 1. The van der Waals surface area contributed by atoms with Crippen LogP contribution in [0.2, 0.25) is 5.02 Å². The number of carbonyl (C=O) groups is 1. The van der Waals surface area contributed by atoms with E-state index in [9.17, 15) is 13.2 Å². The second-order valence-corrected chi connectivity index (χ2v) is 10.2. The van der Waals surface area contributed by atoms with Gasteiger partial charge < -0.3 is 4.90 Å². The maximum atomic E-state index is 12.1. The van der Waals surface area contributed by atoms with E-state index in [1.807, 2.05) is 36.1 Å². The van der Waals surface area contributed by atoms with Gasteiger partial charge in [-0.05, 0) is 24.1 Å². The molecule has 3 rings (SSSR count). The highest BCUT2D eigenvalue weighted by Crippen LogP contribution is 2.39. The first-order chi connectivity index (χ1) is 11.9. The number of carbonyl (C=O) groups excluding carboxylic acids is 1. The van der Waals surface area contributed by atoms with Crippen LogP contribution in [0.3, 0.4) is 0 Å². The first kappa shape index (κ1) is 18.7. The third-order valence-corrected chi connectivity index (χ3v) is 7.91. The Kier molecular flexibility index (Phi) is 5.75. The van der Waals surface area contributed by atoms with Crippen molar-refractivity contribution in [2.45, 2.75) is 44.0 Å². The Labute approximate surface area is 157 Å². The number of benzene rings is 1. The second-order valence-electron chi connectivity index (χ2n) is 6.45. The van der Waals surface area contributed by atoms with Crippen molar-refractivity contribution in [2.24, 2.45) is 4.99 Å². The molecule has 2 saturated heterocycles. The standard InChI is InChI=1S/C17H21ClN2O3S2/c1-2-3-4-16(21)19-17-20(9-12-5-7-13(18)8-6-12)14-10-25(22,23)11-15(14)24-17/h5-8,14-15H,2-4,9-11H2,1H3/t14-,15-/m1/s1. The molecule has 2 atom stereocenters. The third kappa shape index (κ3) is 4.57. The van der Waals surface area contributed by atoms with Crippen molar-refractivity contribution in [1.29, 1.82) is 0 Å². The van der Waals surface area contributed by atoms with Gasteiger partial charge in [0.05, 0.1) is 17.5 Å². The first-order valence-electron chi connectivity index (χ1n) is 8.37. The van der Waals surface area contributed by atoms with Crippen LogP contribution in [0.15, 0.2) is 29.3 Å². The molecule has 2 fully saturated rings. The molecule has 136 valence electrons. The number of hydrogen-bond acceptors (Lipinski definition) is 4. The molecule has 0 radical (unpaired) electrons. The predicted octanol–water partition coefficient (Wildman–Crippen LogP) is 3.13. The first-order valence-corrected chi connectivity index (χ1v) is 11.5. The summed E-state index contributed by atoms with van der Waals surface area (Å²) in [6, 6.07) is 7.34. The molecule has 2 heterocycles. The lowest BCUT2D eigenvalue weighted by Gasteiger charge is -2.24. The normalized spacial score (nSPS) is 26.2. The fourth-order valence-electron chi connectivity index (χ4n) is 3.10. The quantitative estimate of drug-likeness (QED) is 0.759.